The van der Waals surface area contributed by atoms with Crippen LogP contribution < -0.4 is 0 Å². The molecule has 2 aromatic rings. The molecule has 0 saturated carbocycles. The highest BCUT2D eigenvalue weighted by molar-refractivity contribution is 7.90. The van der Waals surface area contributed by atoms with Crippen LogP contribution >= 0.6 is 0 Å². The van der Waals surface area contributed by atoms with Gasteiger partial charge in [-0.05, 0) is 50.5 Å². The van der Waals surface area contributed by atoms with Gasteiger partial charge < -0.3 is 9.32 Å². The van der Waals surface area contributed by atoms with Crippen molar-refractivity contribution >= 4 is 15.7 Å². The van der Waals surface area contributed by atoms with Crippen LogP contribution in [0.15, 0.2) is 51.8 Å². The fraction of sp³-hybridized carbons (Fsp3) is 0.389. The van der Waals surface area contributed by atoms with E-state index in [2.05, 4.69) is 0 Å². The van der Waals surface area contributed by atoms with Crippen molar-refractivity contribution in [2.24, 2.45) is 0 Å². The van der Waals surface area contributed by atoms with Crippen molar-refractivity contribution in [3.8, 4) is 0 Å². The molecule has 0 radical (unpaired) electrons. The van der Waals surface area contributed by atoms with E-state index in [1.807, 2.05) is 6.92 Å². The standard InChI is InChI=1S/C18H21NO4S/c1-14-7-5-6-12-19(14)18(20)17-11-10-15(23-17)13-24(21,22)16-8-3-2-4-9-16/h2-4,8-11,14H,5-7,12-13H2,1H3. The lowest BCUT2D eigenvalue weighted by Crippen LogP contribution is -2.41. The number of benzene rings is 1. The Morgan fingerprint density at radius 2 is 1.92 bits per heavy atom. The highest BCUT2D eigenvalue weighted by Crippen LogP contribution is 2.22. The maximum absolute atomic E-state index is 12.5. The van der Waals surface area contributed by atoms with Gasteiger partial charge in [0.2, 0.25) is 0 Å². The minimum Gasteiger partial charge on any atom is -0.455 e. The number of furan rings is 1. The summed E-state index contributed by atoms with van der Waals surface area (Å²) in [7, 11) is -3.48. The van der Waals surface area contributed by atoms with Gasteiger partial charge in [-0.2, -0.15) is 0 Å². The van der Waals surface area contributed by atoms with Crippen molar-refractivity contribution in [3.05, 3.63) is 54.0 Å². The van der Waals surface area contributed by atoms with Gasteiger partial charge in [-0.1, -0.05) is 18.2 Å². The van der Waals surface area contributed by atoms with Gasteiger partial charge in [-0.3, -0.25) is 4.79 Å². The third kappa shape index (κ3) is 3.53. The molecule has 0 aliphatic carbocycles. The number of sulfone groups is 1. The van der Waals surface area contributed by atoms with Crippen LogP contribution in [0.1, 0.15) is 42.5 Å². The SMILES string of the molecule is CC1CCCCN1C(=O)c1ccc(CS(=O)(=O)c2ccccc2)o1. The van der Waals surface area contributed by atoms with Crippen LogP contribution in [0.3, 0.4) is 0 Å². The molecule has 6 heteroatoms. The molecule has 1 atom stereocenters. The van der Waals surface area contributed by atoms with Crippen molar-refractivity contribution in [2.75, 3.05) is 6.54 Å². The monoisotopic (exact) mass is 347 g/mol. The molecule has 0 N–H and O–H groups in total. The average Bonchev–Trinajstić information content (AvgIpc) is 3.03. The summed E-state index contributed by atoms with van der Waals surface area (Å²) in [6.45, 7) is 2.75. The number of hydrogen-bond acceptors (Lipinski definition) is 4. The van der Waals surface area contributed by atoms with Gasteiger partial charge in [0, 0.05) is 12.6 Å². The summed E-state index contributed by atoms with van der Waals surface area (Å²) >= 11 is 0. The van der Waals surface area contributed by atoms with Crippen molar-refractivity contribution in [3.63, 3.8) is 0 Å². The minimum atomic E-state index is -3.48. The van der Waals surface area contributed by atoms with Gasteiger partial charge >= 0.3 is 0 Å². The largest absolute Gasteiger partial charge is 0.455 e. The lowest BCUT2D eigenvalue weighted by atomic mass is 10.0. The van der Waals surface area contributed by atoms with Gasteiger partial charge in [-0.25, -0.2) is 8.42 Å². The van der Waals surface area contributed by atoms with Gasteiger partial charge in [0.1, 0.15) is 11.5 Å². The number of carbonyl (C=O) groups excluding carboxylic acids is 1. The minimum absolute atomic E-state index is 0.162. The molecule has 1 amide bonds. The summed E-state index contributed by atoms with van der Waals surface area (Å²) in [6, 6.07) is 11.6. The number of rotatable bonds is 4. The number of hydrogen-bond donors (Lipinski definition) is 0. The highest BCUT2D eigenvalue weighted by Gasteiger charge is 2.27. The van der Waals surface area contributed by atoms with E-state index >= 15 is 0 Å². The maximum atomic E-state index is 12.5. The smallest absolute Gasteiger partial charge is 0.289 e. The maximum Gasteiger partial charge on any atom is 0.289 e. The van der Waals surface area contributed by atoms with Crippen LogP contribution in [0.25, 0.3) is 0 Å². The first-order valence-electron chi connectivity index (χ1n) is 8.15. The molecule has 1 aliphatic rings. The molecule has 1 aromatic carbocycles. The Bertz CT molecular complexity index is 811. The second-order valence-electron chi connectivity index (χ2n) is 6.18. The highest BCUT2D eigenvalue weighted by atomic mass is 32.2. The van der Waals surface area contributed by atoms with E-state index in [9.17, 15) is 13.2 Å². The lowest BCUT2D eigenvalue weighted by molar-refractivity contribution is 0.0601. The fourth-order valence-electron chi connectivity index (χ4n) is 3.01. The van der Waals surface area contributed by atoms with E-state index in [4.69, 9.17) is 4.42 Å². The summed E-state index contributed by atoms with van der Waals surface area (Å²) in [6.07, 6.45) is 3.11. The molecular formula is C18H21NO4S. The molecule has 1 unspecified atom stereocenters. The van der Waals surface area contributed by atoms with Crippen LogP contribution in [-0.4, -0.2) is 31.8 Å². The van der Waals surface area contributed by atoms with Gasteiger partial charge in [0.05, 0.1) is 4.90 Å². The third-order valence-corrected chi connectivity index (χ3v) is 6.03. The Kier molecular flexibility index (Phi) is 4.76. The molecule has 1 aliphatic heterocycles. The van der Waals surface area contributed by atoms with E-state index < -0.39 is 9.84 Å². The third-order valence-electron chi connectivity index (χ3n) is 4.37. The Labute approximate surface area is 142 Å². The Balaban J connectivity index is 1.75. The first kappa shape index (κ1) is 16.8. The normalized spacial score (nSPS) is 18.5. The number of amides is 1. The van der Waals surface area contributed by atoms with Crippen LogP contribution in [0.5, 0.6) is 0 Å². The molecule has 5 nitrogen and oxygen atoms in total. The Morgan fingerprint density at radius 1 is 1.17 bits per heavy atom. The molecule has 2 heterocycles. The zero-order valence-corrected chi connectivity index (χ0v) is 14.5. The zero-order valence-electron chi connectivity index (χ0n) is 13.6. The molecule has 1 aromatic heterocycles. The number of carbonyl (C=O) groups is 1. The molecule has 24 heavy (non-hydrogen) atoms. The molecule has 1 fully saturated rings. The van der Waals surface area contributed by atoms with E-state index in [-0.39, 0.29) is 34.1 Å². The summed E-state index contributed by atoms with van der Waals surface area (Å²) < 4.78 is 30.3. The number of nitrogens with zero attached hydrogens (tertiary/aromatic N) is 1. The number of piperidine rings is 1. The van der Waals surface area contributed by atoms with E-state index in [1.165, 1.54) is 0 Å². The second-order valence-corrected chi connectivity index (χ2v) is 8.17. The topological polar surface area (TPSA) is 67.6 Å². The average molecular weight is 347 g/mol. The molecule has 0 bridgehead atoms. The fourth-order valence-corrected chi connectivity index (χ4v) is 4.28. The summed E-state index contributed by atoms with van der Waals surface area (Å²) in [5.41, 5.74) is 0. The quantitative estimate of drug-likeness (QED) is 0.851. The summed E-state index contributed by atoms with van der Waals surface area (Å²) in [5.74, 6) is 0.0827. The van der Waals surface area contributed by atoms with Crippen LogP contribution in [-0.2, 0) is 15.6 Å². The van der Waals surface area contributed by atoms with E-state index in [1.54, 1.807) is 47.4 Å². The molecule has 128 valence electrons. The zero-order chi connectivity index (χ0) is 17.2. The van der Waals surface area contributed by atoms with Crippen molar-refractivity contribution in [1.29, 1.82) is 0 Å². The summed E-state index contributed by atoms with van der Waals surface area (Å²) in [4.78, 5) is 14.6. The second kappa shape index (κ2) is 6.81. The van der Waals surface area contributed by atoms with Crippen molar-refractivity contribution in [1.82, 2.24) is 4.90 Å². The van der Waals surface area contributed by atoms with Crippen LogP contribution in [0.4, 0.5) is 0 Å². The first-order chi connectivity index (χ1) is 11.5. The first-order valence-corrected chi connectivity index (χ1v) is 9.80. The van der Waals surface area contributed by atoms with E-state index in [0.29, 0.717) is 0 Å². The Hall–Kier alpha value is -2.08. The van der Waals surface area contributed by atoms with E-state index in [0.717, 1.165) is 25.8 Å². The number of likely N-dealkylation sites (tertiary alicyclic amines) is 1. The van der Waals surface area contributed by atoms with Crippen LogP contribution in [0, 0.1) is 0 Å². The summed E-state index contributed by atoms with van der Waals surface area (Å²) in [5, 5.41) is 0. The predicted octanol–water partition coefficient (Wildman–Crippen LogP) is 3.27. The van der Waals surface area contributed by atoms with Crippen molar-refractivity contribution < 1.29 is 17.6 Å². The molecular weight excluding hydrogens is 326 g/mol. The van der Waals surface area contributed by atoms with Gasteiger partial charge in [0.15, 0.2) is 15.6 Å². The van der Waals surface area contributed by atoms with Crippen molar-refractivity contribution in [2.45, 2.75) is 42.9 Å². The Morgan fingerprint density at radius 3 is 2.62 bits per heavy atom. The molecule has 1 saturated heterocycles. The lowest BCUT2D eigenvalue weighted by Gasteiger charge is -2.32. The van der Waals surface area contributed by atoms with Gasteiger partial charge in [0.25, 0.3) is 5.91 Å². The van der Waals surface area contributed by atoms with Crippen LogP contribution in [0.2, 0.25) is 0 Å². The predicted molar refractivity (Wildman–Crippen MR) is 90.4 cm³/mol. The van der Waals surface area contributed by atoms with Gasteiger partial charge in [-0.15, -0.1) is 0 Å². The molecule has 0 spiro atoms. The molecule has 3 rings (SSSR count).